The molecule has 1 heteroatoms. The number of hydrogen-bond acceptors (Lipinski definition) is 1. The van der Waals surface area contributed by atoms with Gasteiger partial charge < -0.3 is 0 Å². The molecule has 1 aromatic rings. The van der Waals surface area contributed by atoms with Gasteiger partial charge in [-0.3, -0.25) is 4.79 Å². The molecule has 0 atom stereocenters. The van der Waals surface area contributed by atoms with E-state index in [1.807, 2.05) is 36.4 Å². The topological polar surface area (TPSA) is 17.1 Å². The smallest absolute Gasteiger partial charge is 0.185 e. The average molecular weight is 174 g/mol. The van der Waals surface area contributed by atoms with Crippen molar-refractivity contribution in [3.63, 3.8) is 0 Å². The van der Waals surface area contributed by atoms with Crippen molar-refractivity contribution < 1.29 is 4.79 Å². The SMILES string of the molecule is CCCC=CC(=O)c1ccccc1. The van der Waals surface area contributed by atoms with E-state index in [0.29, 0.717) is 0 Å². The van der Waals surface area contributed by atoms with Crippen molar-refractivity contribution in [3.05, 3.63) is 48.0 Å². The summed E-state index contributed by atoms with van der Waals surface area (Å²) in [6.45, 7) is 2.09. The second kappa shape index (κ2) is 5.31. The Kier molecular flexibility index (Phi) is 3.97. The van der Waals surface area contributed by atoms with E-state index >= 15 is 0 Å². The van der Waals surface area contributed by atoms with E-state index in [2.05, 4.69) is 6.92 Å². The predicted octanol–water partition coefficient (Wildman–Crippen LogP) is 3.23. The highest BCUT2D eigenvalue weighted by atomic mass is 16.1. The van der Waals surface area contributed by atoms with Gasteiger partial charge in [0.1, 0.15) is 0 Å². The van der Waals surface area contributed by atoms with Crippen LogP contribution in [0.15, 0.2) is 42.5 Å². The Bertz CT molecular complexity index is 285. The minimum atomic E-state index is 0.0917. The summed E-state index contributed by atoms with van der Waals surface area (Å²) in [7, 11) is 0. The maximum Gasteiger partial charge on any atom is 0.185 e. The molecule has 0 unspecified atom stereocenters. The molecule has 0 N–H and O–H groups in total. The van der Waals surface area contributed by atoms with Gasteiger partial charge in [0.15, 0.2) is 5.78 Å². The Morgan fingerprint density at radius 2 is 2.00 bits per heavy atom. The van der Waals surface area contributed by atoms with Gasteiger partial charge in [-0.15, -0.1) is 0 Å². The minimum Gasteiger partial charge on any atom is -0.289 e. The fourth-order valence-corrected chi connectivity index (χ4v) is 1.06. The van der Waals surface area contributed by atoms with Gasteiger partial charge in [-0.25, -0.2) is 0 Å². The average Bonchev–Trinajstić information content (AvgIpc) is 2.19. The third kappa shape index (κ3) is 3.24. The summed E-state index contributed by atoms with van der Waals surface area (Å²) in [5, 5.41) is 0. The largest absolute Gasteiger partial charge is 0.289 e. The van der Waals surface area contributed by atoms with Crippen molar-refractivity contribution in [1.29, 1.82) is 0 Å². The minimum absolute atomic E-state index is 0.0917. The highest BCUT2D eigenvalue weighted by Gasteiger charge is 1.97. The number of hydrogen-bond donors (Lipinski definition) is 0. The van der Waals surface area contributed by atoms with E-state index in [9.17, 15) is 4.79 Å². The molecule has 68 valence electrons. The third-order valence-electron chi connectivity index (χ3n) is 1.78. The molecule has 0 saturated heterocycles. The Balaban J connectivity index is 2.59. The van der Waals surface area contributed by atoms with E-state index in [4.69, 9.17) is 0 Å². The van der Waals surface area contributed by atoms with E-state index in [-0.39, 0.29) is 5.78 Å². The van der Waals surface area contributed by atoms with Crippen molar-refractivity contribution in [2.45, 2.75) is 19.8 Å². The standard InChI is InChI=1S/C12H14O/c1-2-3-5-10-12(13)11-8-6-4-7-9-11/h4-10H,2-3H2,1H3. The number of ketones is 1. The Hall–Kier alpha value is -1.37. The van der Waals surface area contributed by atoms with Gasteiger partial charge in [-0.1, -0.05) is 49.8 Å². The van der Waals surface area contributed by atoms with E-state index in [0.717, 1.165) is 18.4 Å². The molecule has 0 spiro atoms. The lowest BCUT2D eigenvalue weighted by Crippen LogP contribution is -1.92. The molecule has 0 aliphatic rings. The second-order valence-corrected chi connectivity index (χ2v) is 2.92. The van der Waals surface area contributed by atoms with Gasteiger partial charge in [0, 0.05) is 5.56 Å². The highest BCUT2D eigenvalue weighted by molar-refractivity contribution is 6.04. The summed E-state index contributed by atoms with van der Waals surface area (Å²) in [4.78, 5) is 11.4. The first kappa shape index (κ1) is 9.72. The molecule has 0 radical (unpaired) electrons. The molecule has 0 heterocycles. The van der Waals surface area contributed by atoms with E-state index in [1.165, 1.54) is 0 Å². The van der Waals surface area contributed by atoms with Crippen LogP contribution >= 0.6 is 0 Å². The Morgan fingerprint density at radius 1 is 1.31 bits per heavy atom. The van der Waals surface area contributed by atoms with Crippen molar-refractivity contribution in [1.82, 2.24) is 0 Å². The molecule has 0 amide bonds. The van der Waals surface area contributed by atoms with Crippen LogP contribution in [0.5, 0.6) is 0 Å². The Morgan fingerprint density at radius 3 is 2.62 bits per heavy atom. The number of unbranched alkanes of at least 4 members (excludes halogenated alkanes) is 1. The second-order valence-electron chi connectivity index (χ2n) is 2.92. The van der Waals surface area contributed by atoms with Crippen LogP contribution < -0.4 is 0 Å². The van der Waals surface area contributed by atoms with Crippen LogP contribution in [0, 0.1) is 0 Å². The number of rotatable bonds is 4. The van der Waals surface area contributed by atoms with Crippen molar-refractivity contribution in [2.24, 2.45) is 0 Å². The summed E-state index contributed by atoms with van der Waals surface area (Å²) in [5.74, 6) is 0.0917. The van der Waals surface area contributed by atoms with Crippen molar-refractivity contribution >= 4 is 5.78 Å². The van der Waals surface area contributed by atoms with Crippen LogP contribution in [0.3, 0.4) is 0 Å². The molecule has 1 aromatic carbocycles. The van der Waals surface area contributed by atoms with Gasteiger partial charge in [0.2, 0.25) is 0 Å². The fourth-order valence-electron chi connectivity index (χ4n) is 1.06. The first-order valence-corrected chi connectivity index (χ1v) is 4.60. The molecule has 0 bridgehead atoms. The fraction of sp³-hybridized carbons (Fsp3) is 0.250. The molecule has 0 aliphatic carbocycles. The maximum atomic E-state index is 11.4. The normalized spacial score (nSPS) is 10.5. The van der Waals surface area contributed by atoms with Crippen LogP contribution in [0.1, 0.15) is 30.1 Å². The zero-order chi connectivity index (χ0) is 9.52. The molecule has 0 fully saturated rings. The zero-order valence-corrected chi connectivity index (χ0v) is 7.86. The monoisotopic (exact) mass is 174 g/mol. The summed E-state index contributed by atoms with van der Waals surface area (Å²) in [5.41, 5.74) is 0.759. The number of benzene rings is 1. The molecule has 1 rings (SSSR count). The third-order valence-corrected chi connectivity index (χ3v) is 1.78. The summed E-state index contributed by atoms with van der Waals surface area (Å²) in [6, 6.07) is 9.32. The number of carbonyl (C=O) groups is 1. The quantitative estimate of drug-likeness (QED) is 0.506. The highest BCUT2D eigenvalue weighted by Crippen LogP contribution is 2.01. The van der Waals surface area contributed by atoms with Gasteiger partial charge in [0.25, 0.3) is 0 Å². The predicted molar refractivity (Wildman–Crippen MR) is 54.8 cm³/mol. The summed E-state index contributed by atoms with van der Waals surface area (Å²) in [6.07, 6.45) is 5.63. The maximum absolute atomic E-state index is 11.4. The zero-order valence-electron chi connectivity index (χ0n) is 7.86. The van der Waals surface area contributed by atoms with Gasteiger partial charge >= 0.3 is 0 Å². The van der Waals surface area contributed by atoms with Gasteiger partial charge in [0.05, 0.1) is 0 Å². The van der Waals surface area contributed by atoms with Crippen molar-refractivity contribution in [2.75, 3.05) is 0 Å². The van der Waals surface area contributed by atoms with E-state index < -0.39 is 0 Å². The molecule has 0 aliphatic heterocycles. The first-order valence-electron chi connectivity index (χ1n) is 4.60. The lowest BCUT2D eigenvalue weighted by Gasteiger charge is -1.93. The van der Waals surface area contributed by atoms with Crippen LogP contribution in [-0.2, 0) is 0 Å². The first-order chi connectivity index (χ1) is 6.34. The lowest BCUT2D eigenvalue weighted by molar-refractivity contribution is 0.104. The lowest BCUT2D eigenvalue weighted by atomic mass is 10.1. The molecule has 13 heavy (non-hydrogen) atoms. The molecule has 0 aromatic heterocycles. The van der Waals surface area contributed by atoms with Crippen molar-refractivity contribution in [3.8, 4) is 0 Å². The summed E-state index contributed by atoms with van der Waals surface area (Å²) < 4.78 is 0. The summed E-state index contributed by atoms with van der Waals surface area (Å²) >= 11 is 0. The molecule has 1 nitrogen and oxygen atoms in total. The molecule has 0 saturated carbocycles. The van der Waals surface area contributed by atoms with Crippen LogP contribution in [0.2, 0.25) is 0 Å². The molecular formula is C12H14O. The van der Waals surface area contributed by atoms with Gasteiger partial charge in [-0.05, 0) is 12.5 Å². The van der Waals surface area contributed by atoms with Crippen LogP contribution in [-0.4, -0.2) is 5.78 Å². The van der Waals surface area contributed by atoms with Crippen LogP contribution in [0.4, 0.5) is 0 Å². The molecular weight excluding hydrogens is 160 g/mol. The van der Waals surface area contributed by atoms with Gasteiger partial charge in [-0.2, -0.15) is 0 Å². The number of carbonyl (C=O) groups excluding carboxylic acids is 1. The number of allylic oxidation sites excluding steroid dienone is 2. The van der Waals surface area contributed by atoms with Crippen LogP contribution in [0.25, 0.3) is 0 Å². The Labute approximate surface area is 79.1 Å². The van der Waals surface area contributed by atoms with E-state index in [1.54, 1.807) is 6.08 Å².